The Labute approximate surface area is 121 Å². The highest BCUT2D eigenvalue weighted by molar-refractivity contribution is 5.92. The van der Waals surface area contributed by atoms with Gasteiger partial charge in [0.25, 0.3) is 5.91 Å². The molecule has 21 heavy (non-hydrogen) atoms. The van der Waals surface area contributed by atoms with Crippen LogP contribution in [0.1, 0.15) is 29.1 Å². The van der Waals surface area contributed by atoms with Gasteiger partial charge in [-0.05, 0) is 25.8 Å². The topological polar surface area (TPSA) is 81.4 Å². The van der Waals surface area contributed by atoms with Crippen molar-refractivity contribution in [3.05, 3.63) is 35.9 Å². The molecule has 1 aliphatic heterocycles. The van der Waals surface area contributed by atoms with Gasteiger partial charge in [0.05, 0.1) is 6.54 Å². The van der Waals surface area contributed by atoms with Crippen molar-refractivity contribution in [2.24, 2.45) is 0 Å². The smallest absolute Gasteiger partial charge is 0.276 e. The van der Waals surface area contributed by atoms with Crippen LogP contribution in [0.25, 0.3) is 0 Å². The molecule has 1 aliphatic rings. The molecule has 2 aromatic heterocycles. The second kappa shape index (κ2) is 5.90. The molecule has 0 aromatic carbocycles. The van der Waals surface area contributed by atoms with Crippen LogP contribution in [0.4, 0.5) is 0 Å². The van der Waals surface area contributed by atoms with E-state index >= 15 is 0 Å². The third-order valence-corrected chi connectivity index (χ3v) is 3.35. The van der Waals surface area contributed by atoms with Gasteiger partial charge < -0.3 is 14.2 Å². The predicted molar refractivity (Wildman–Crippen MR) is 72.8 cm³/mol. The summed E-state index contributed by atoms with van der Waals surface area (Å²) in [5.41, 5.74) is 0.340. The average molecular weight is 288 g/mol. The molecule has 2 aromatic rings. The van der Waals surface area contributed by atoms with E-state index in [0.29, 0.717) is 30.4 Å². The van der Waals surface area contributed by atoms with Gasteiger partial charge >= 0.3 is 0 Å². The molecule has 3 rings (SSSR count). The Morgan fingerprint density at radius 2 is 2.43 bits per heavy atom. The summed E-state index contributed by atoms with van der Waals surface area (Å²) >= 11 is 0. The second-order valence-corrected chi connectivity index (χ2v) is 5.02. The summed E-state index contributed by atoms with van der Waals surface area (Å²) in [6, 6.07) is 5.18. The number of hydrogen-bond acceptors (Lipinski definition) is 6. The largest absolute Gasteiger partial charge is 0.471 e. The predicted octanol–water partition coefficient (Wildman–Crippen LogP) is 1.46. The molecule has 7 heteroatoms. The average Bonchev–Trinajstić information content (AvgIpc) is 2.94. The quantitative estimate of drug-likeness (QED) is 0.850. The second-order valence-electron chi connectivity index (χ2n) is 5.02. The third-order valence-electron chi connectivity index (χ3n) is 3.35. The van der Waals surface area contributed by atoms with Gasteiger partial charge in [0.2, 0.25) is 5.88 Å². The molecule has 1 fully saturated rings. The van der Waals surface area contributed by atoms with Crippen molar-refractivity contribution < 1.29 is 14.1 Å². The van der Waals surface area contributed by atoms with Gasteiger partial charge in [-0.1, -0.05) is 5.16 Å². The van der Waals surface area contributed by atoms with Crippen LogP contribution in [-0.2, 0) is 0 Å². The molecule has 1 saturated heterocycles. The Kier molecular flexibility index (Phi) is 3.81. The van der Waals surface area contributed by atoms with Crippen LogP contribution in [0, 0.1) is 6.92 Å². The summed E-state index contributed by atoms with van der Waals surface area (Å²) < 4.78 is 10.7. The van der Waals surface area contributed by atoms with Crippen LogP contribution < -0.4 is 4.74 Å². The maximum atomic E-state index is 12.3. The minimum atomic E-state index is -0.126. The molecule has 110 valence electrons. The molecule has 0 saturated carbocycles. The van der Waals surface area contributed by atoms with Gasteiger partial charge in [0.1, 0.15) is 11.9 Å². The van der Waals surface area contributed by atoms with Crippen molar-refractivity contribution in [2.45, 2.75) is 25.9 Å². The van der Waals surface area contributed by atoms with Crippen LogP contribution in [0.15, 0.2) is 28.9 Å². The lowest BCUT2D eigenvalue weighted by atomic mass is 10.1. The molecule has 0 N–H and O–H groups in total. The number of ether oxygens (including phenoxy) is 1. The fraction of sp³-hybridized carbons (Fsp3) is 0.429. The number of aryl methyl sites for hydroxylation is 1. The molecule has 3 heterocycles. The lowest BCUT2D eigenvalue weighted by molar-refractivity contribution is 0.0516. The number of nitrogens with zero attached hydrogens (tertiary/aromatic N) is 4. The Hall–Kier alpha value is -2.44. The summed E-state index contributed by atoms with van der Waals surface area (Å²) in [7, 11) is 0. The van der Waals surface area contributed by atoms with Crippen LogP contribution in [-0.4, -0.2) is 45.4 Å². The van der Waals surface area contributed by atoms with Crippen LogP contribution in [0.2, 0.25) is 0 Å². The number of hydrogen-bond donors (Lipinski definition) is 0. The number of rotatable bonds is 3. The van der Waals surface area contributed by atoms with E-state index in [2.05, 4.69) is 15.4 Å². The van der Waals surface area contributed by atoms with E-state index in [0.717, 1.165) is 12.8 Å². The SMILES string of the molecule is Cc1cc(C(=O)N2CCC[C@H](Oc3cccnn3)C2)no1. The first-order valence-electron chi connectivity index (χ1n) is 6.89. The van der Waals surface area contributed by atoms with E-state index in [4.69, 9.17) is 9.26 Å². The van der Waals surface area contributed by atoms with Crippen molar-refractivity contribution >= 4 is 5.91 Å². The van der Waals surface area contributed by atoms with E-state index < -0.39 is 0 Å². The van der Waals surface area contributed by atoms with Crippen molar-refractivity contribution in [3.63, 3.8) is 0 Å². The molecule has 1 amide bonds. The van der Waals surface area contributed by atoms with Gasteiger partial charge in [-0.15, -0.1) is 5.10 Å². The number of amides is 1. The van der Waals surface area contributed by atoms with Gasteiger partial charge in [0.15, 0.2) is 5.69 Å². The number of carbonyl (C=O) groups excluding carboxylic acids is 1. The molecular weight excluding hydrogens is 272 g/mol. The molecule has 0 bridgehead atoms. The highest BCUT2D eigenvalue weighted by atomic mass is 16.5. The van der Waals surface area contributed by atoms with Crippen LogP contribution in [0.5, 0.6) is 5.88 Å². The minimum absolute atomic E-state index is 0.0765. The Morgan fingerprint density at radius 3 is 3.14 bits per heavy atom. The minimum Gasteiger partial charge on any atom is -0.471 e. The van der Waals surface area contributed by atoms with E-state index in [1.165, 1.54) is 0 Å². The maximum Gasteiger partial charge on any atom is 0.276 e. The number of likely N-dealkylation sites (tertiary alicyclic amines) is 1. The molecule has 0 aliphatic carbocycles. The first-order valence-corrected chi connectivity index (χ1v) is 6.89. The Bertz CT molecular complexity index is 614. The zero-order valence-corrected chi connectivity index (χ0v) is 11.7. The maximum absolute atomic E-state index is 12.3. The lowest BCUT2D eigenvalue weighted by Gasteiger charge is -2.31. The molecule has 0 unspecified atom stereocenters. The van der Waals surface area contributed by atoms with Crippen LogP contribution in [0.3, 0.4) is 0 Å². The first kappa shape index (κ1) is 13.5. The number of piperidine rings is 1. The number of carbonyl (C=O) groups is 1. The normalized spacial score (nSPS) is 18.5. The summed E-state index contributed by atoms with van der Waals surface area (Å²) in [6.45, 7) is 2.98. The van der Waals surface area contributed by atoms with E-state index in [1.807, 2.05) is 0 Å². The zero-order valence-electron chi connectivity index (χ0n) is 11.7. The van der Waals surface area contributed by atoms with Crippen molar-refractivity contribution in [1.82, 2.24) is 20.3 Å². The summed E-state index contributed by atoms with van der Waals surface area (Å²) in [5, 5.41) is 11.4. The fourth-order valence-corrected chi connectivity index (χ4v) is 2.37. The Morgan fingerprint density at radius 1 is 1.52 bits per heavy atom. The molecule has 0 radical (unpaired) electrons. The molecular formula is C14H16N4O3. The van der Waals surface area contributed by atoms with Crippen molar-refractivity contribution in [2.75, 3.05) is 13.1 Å². The van der Waals surface area contributed by atoms with Gasteiger partial charge in [-0.3, -0.25) is 4.79 Å². The van der Waals surface area contributed by atoms with E-state index in [9.17, 15) is 4.79 Å². The molecule has 7 nitrogen and oxygen atoms in total. The summed E-state index contributed by atoms with van der Waals surface area (Å²) in [6.07, 6.45) is 3.29. The lowest BCUT2D eigenvalue weighted by Crippen LogP contribution is -2.44. The Balaban J connectivity index is 1.64. The molecule has 0 spiro atoms. The summed E-state index contributed by atoms with van der Waals surface area (Å²) in [4.78, 5) is 14.1. The standard InChI is InChI=1S/C14H16N4O3/c1-10-8-12(17-21-10)14(19)18-7-3-4-11(9-18)20-13-5-2-6-15-16-13/h2,5-6,8,11H,3-4,7,9H2,1H3/t11-/m0/s1. The third kappa shape index (κ3) is 3.18. The highest BCUT2D eigenvalue weighted by Gasteiger charge is 2.27. The zero-order chi connectivity index (χ0) is 14.7. The van der Waals surface area contributed by atoms with E-state index in [-0.39, 0.29) is 12.0 Å². The highest BCUT2D eigenvalue weighted by Crippen LogP contribution is 2.18. The summed E-state index contributed by atoms with van der Waals surface area (Å²) in [5.74, 6) is 0.982. The monoisotopic (exact) mass is 288 g/mol. The number of aromatic nitrogens is 3. The van der Waals surface area contributed by atoms with Crippen molar-refractivity contribution in [3.8, 4) is 5.88 Å². The first-order chi connectivity index (χ1) is 10.2. The van der Waals surface area contributed by atoms with Gasteiger partial charge in [0, 0.05) is 24.9 Å². The van der Waals surface area contributed by atoms with E-state index in [1.54, 1.807) is 36.2 Å². The van der Waals surface area contributed by atoms with Crippen molar-refractivity contribution in [1.29, 1.82) is 0 Å². The van der Waals surface area contributed by atoms with Gasteiger partial charge in [-0.2, -0.15) is 5.10 Å². The molecule has 1 atom stereocenters. The van der Waals surface area contributed by atoms with Gasteiger partial charge in [-0.25, -0.2) is 0 Å². The fourth-order valence-electron chi connectivity index (χ4n) is 2.37. The van der Waals surface area contributed by atoms with Crippen LogP contribution >= 0.6 is 0 Å².